The van der Waals surface area contributed by atoms with Gasteiger partial charge in [0.25, 0.3) is 0 Å². The summed E-state index contributed by atoms with van der Waals surface area (Å²) in [4.78, 5) is 32.8. The molecule has 19 heavy (non-hydrogen) atoms. The van der Waals surface area contributed by atoms with E-state index in [2.05, 4.69) is 0 Å². The maximum Gasteiger partial charge on any atom is 0.303 e. The maximum atomic E-state index is 11.1. The van der Waals surface area contributed by atoms with E-state index in [0.717, 1.165) is 0 Å². The Bertz CT molecular complexity index is 370. The summed E-state index contributed by atoms with van der Waals surface area (Å²) < 4.78 is 20.0. The van der Waals surface area contributed by atoms with Crippen molar-refractivity contribution in [2.24, 2.45) is 0 Å². The second-order valence-electron chi connectivity index (χ2n) is 3.98. The van der Waals surface area contributed by atoms with Gasteiger partial charge in [0, 0.05) is 20.8 Å². The van der Waals surface area contributed by atoms with Gasteiger partial charge in [-0.05, 0) is 0 Å². The monoisotopic (exact) mass is 294 g/mol. The predicted molar refractivity (Wildman–Crippen MR) is 62.3 cm³/mol. The average Bonchev–Trinajstić information content (AvgIpc) is 2.53. The summed E-state index contributed by atoms with van der Waals surface area (Å²) in [5, 5.41) is 0. The van der Waals surface area contributed by atoms with Crippen molar-refractivity contribution >= 4 is 29.5 Å². The van der Waals surface area contributed by atoms with E-state index in [1.54, 1.807) is 0 Å². The van der Waals surface area contributed by atoms with Crippen LogP contribution in [-0.2, 0) is 33.3 Å². The highest BCUT2D eigenvalue weighted by Crippen LogP contribution is 2.29. The van der Waals surface area contributed by atoms with Crippen LogP contribution in [-0.4, -0.2) is 48.4 Å². The standard InChI is InChI=1S/C11H15ClO7/c1-5(13)16-4-8-9(17-6(2)14)10(11(12)19-8)18-7(3)15/h8-11H,4H2,1-3H3/t8-,9?,10?,11+/m1/s1. The van der Waals surface area contributed by atoms with E-state index in [-0.39, 0.29) is 6.61 Å². The van der Waals surface area contributed by atoms with Gasteiger partial charge in [-0.15, -0.1) is 0 Å². The Balaban J connectivity index is 2.76. The van der Waals surface area contributed by atoms with Crippen LogP contribution in [0.5, 0.6) is 0 Å². The van der Waals surface area contributed by atoms with Crippen molar-refractivity contribution in [3.63, 3.8) is 0 Å². The molecule has 1 rings (SSSR count). The molecule has 1 aliphatic rings. The first-order chi connectivity index (χ1) is 8.81. The molecule has 0 radical (unpaired) electrons. The smallest absolute Gasteiger partial charge is 0.303 e. The molecule has 0 amide bonds. The van der Waals surface area contributed by atoms with Crippen molar-refractivity contribution in [3.05, 3.63) is 0 Å². The highest BCUT2D eigenvalue weighted by atomic mass is 35.5. The van der Waals surface area contributed by atoms with E-state index in [1.807, 2.05) is 0 Å². The van der Waals surface area contributed by atoms with Gasteiger partial charge < -0.3 is 18.9 Å². The van der Waals surface area contributed by atoms with Crippen LogP contribution in [0.4, 0.5) is 0 Å². The minimum Gasteiger partial charge on any atom is -0.463 e. The molecule has 0 saturated carbocycles. The molecule has 108 valence electrons. The fourth-order valence-corrected chi connectivity index (χ4v) is 1.99. The van der Waals surface area contributed by atoms with E-state index in [4.69, 9.17) is 30.5 Å². The number of alkyl halides is 1. The van der Waals surface area contributed by atoms with Crippen LogP contribution in [0, 0.1) is 0 Å². The van der Waals surface area contributed by atoms with Crippen molar-refractivity contribution in [3.8, 4) is 0 Å². The van der Waals surface area contributed by atoms with E-state index in [9.17, 15) is 14.4 Å². The van der Waals surface area contributed by atoms with Crippen LogP contribution in [0.2, 0.25) is 0 Å². The first-order valence-electron chi connectivity index (χ1n) is 5.58. The summed E-state index contributed by atoms with van der Waals surface area (Å²) in [6.45, 7) is 3.49. The van der Waals surface area contributed by atoms with Gasteiger partial charge >= 0.3 is 17.9 Å². The molecule has 7 nitrogen and oxygen atoms in total. The number of halogens is 1. The highest BCUT2D eigenvalue weighted by molar-refractivity contribution is 6.20. The van der Waals surface area contributed by atoms with Crippen LogP contribution in [0.3, 0.4) is 0 Å². The van der Waals surface area contributed by atoms with Crippen LogP contribution in [0.25, 0.3) is 0 Å². The topological polar surface area (TPSA) is 88.1 Å². The zero-order chi connectivity index (χ0) is 14.6. The van der Waals surface area contributed by atoms with Crippen molar-refractivity contribution < 1.29 is 33.3 Å². The number of hydrogen-bond acceptors (Lipinski definition) is 7. The van der Waals surface area contributed by atoms with Crippen molar-refractivity contribution in [1.82, 2.24) is 0 Å². The quantitative estimate of drug-likeness (QED) is 0.420. The molecule has 0 bridgehead atoms. The molecule has 0 aromatic carbocycles. The van der Waals surface area contributed by atoms with Crippen LogP contribution >= 0.6 is 11.6 Å². The third-order valence-electron chi connectivity index (χ3n) is 2.31. The highest BCUT2D eigenvalue weighted by Gasteiger charge is 2.48. The molecule has 0 aromatic rings. The van der Waals surface area contributed by atoms with Crippen molar-refractivity contribution in [1.29, 1.82) is 0 Å². The molecule has 0 aromatic heterocycles. The SMILES string of the molecule is CC(=O)OC[C@H]1O[C@H](Cl)C(OC(C)=O)C1OC(C)=O. The molecule has 1 heterocycles. The van der Waals surface area contributed by atoms with Crippen molar-refractivity contribution in [2.45, 2.75) is 44.6 Å². The predicted octanol–water partition coefficient (Wildman–Crippen LogP) is 0.377. The minimum atomic E-state index is -0.978. The zero-order valence-corrected chi connectivity index (χ0v) is 11.5. The van der Waals surface area contributed by atoms with Crippen LogP contribution < -0.4 is 0 Å². The Labute approximate surface area is 115 Å². The summed E-state index contributed by atoms with van der Waals surface area (Å²) >= 11 is 5.88. The molecule has 1 aliphatic heterocycles. The van der Waals surface area contributed by atoms with Gasteiger partial charge in [0.05, 0.1) is 0 Å². The van der Waals surface area contributed by atoms with Crippen molar-refractivity contribution in [2.75, 3.05) is 6.61 Å². The second kappa shape index (κ2) is 6.72. The first-order valence-corrected chi connectivity index (χ1v) is 6.02. The van der Waals surface area contributed by atoms with Gasteiger partial charge in [0.15, 0.2) is 17.8 Å². The van der Waals surface area contributed by atoms with Gasteiger partial charge in [0.1, 0.15) is 12.7 Å². The van der Waals surface area contributed by atoms with E-state index in [0.29, 0.717) is 0 Å². The van der Waals surface area contributed by atoms with E-state index >= 15 is 0 Å². The van der Waals surface area contributed by atoms with Gasteiger partial charge in [-0.2, -0.15) is 0 Å². The van der Waals surface area contributed by atoms with Gasteiger partial charge in [-0.3, -0.25) is 14.4 Å². The Morgan fingerprint density at radius 2 is 1.53 bits per heavy atom. The zero-order valence-electron chi connectivity index (χ0n) is 10.8. The van der Waals surface area contributed by atoms with Gasteiger partial charge in [-0.25, -0.2) is 0 Å². The molecule has 1 fully saturated rings. The summed E-state index contributed by atoms with van der Waals surface area (Å²) in [6.07, 6.45) is -2.63. The third-order valence-corrected chi connectivity index (χ3v) is 2.66. The molecule has 2 unspecified atom stereocenters. The molecule has 0 aliphatic carbocycles. The molecular formula is C11H15ClO7. The van der Waals surface area contributed by atoms with Crippen LogP contribution in [0.1, 0.15) is 20.8 Å². The second-order valence-corrected chi connectivity index (χ2v) is 4.41. The largest absolute Gasteiger partial charge is 0.463 e. The fraction of sp³-hybridized carbons (Fsp3) is 0.727. The molecule has 0 N–H and O–H groups in total. The molecular weight excluding hydrogens is 280 g/mol. The molecule has 1 saturated heterocycles. The molecule has 0 spiro atoms. The molecule has 4 atom stereocenters. The number of hydrogen-bond donors (Lipinski definition) is 0. The maximum absolute atomic E-state index is 11.1. The average molecular weight is 295 g/mol. The Morgan fingerprint density at radius 1 is 1.00 bits per heavy atom. The summed E-state index contributed by atoms with van der Waals surface area (Å²) in [7, 11) is 0. The Kier molecular flexibility index (Phi) is 5.56. The first kappa shape index (κ1) is 15.7. The number of ether oxygens (including phenoxy) is 4. The number of rotatable bonds is 4. The summed E-state index contributed by atoms with van der Waals surface area (Å²) in [5.41, 5.74) is -0.978. The summed E-state index contributed by atoms with van der Waals surface area (Å²) in [5.74, 6) is -1.67. The van der Waals surface area contributed by atoms with E-state index in [1.165, 1.54) is 20.8 Å². The Morgan fingerprint density at radius 3 is 2.00 bits per heavy atom. The Hall–Kier alpha value is -1.34. The number of carbonyl (C=O) groups is 3. The lowest BCUT2D eigenvalue weighted by Crippen LogP contribution is -2.40. The lowest BCUT2D eigenvalue weighted by Gasteiger charge is -2.22. The lowest BCUT2D eigenvalue weighted by molar-refractivity contribution is -0.165. The minimum absolute atomic E-state index is 0.145. The van der Waals surface area contributed by atoms with Gasteiger partial charge in [0.2, 0.25) is 0 Å². The lowest BCUT2D eigenvalue weighted by atomic mass is 10.1. The third kappa shape index (κ3) is 4.68. The summed E-state index contributed by atoms with van der Waals surface area (Å²) in [6, 6.07) is 0. The molecule has 8 heteroatoms. The van der Waals surface area contributed by atoms with E-state index < -0.39 is 41.8 Å². The van der Waals surface area contributed by atoms with Gasteiger partial charge in [-0.1, -0.05) is 11.6 Å². The number of esters is 3. The number of carbonyl (C=O) groups excluding carboxylic acids is 3. The fourth-order valence-electron chi connectivity index (χ4n) is 1.66. The normalized spacial score (nSPS) is 29.7. The van der Waals surface area contributed by atoms with Crippen LogP contribution in [0.15, 0.2) is 0 Å².